The van der Waals surface area contributed by atoms with Gasteiger partial charge in [-0.25, -0.2) is 5.43 Å². The molecule has 0 aliphatic carbocycles. The van der Waals surface area contributed by atoms with Gasteiger partial charge in [0, 0.05) is 23.9 Å². The fourth-order valence-electron chi connectivity index (χ4n) is 2.22. The van der Waals surface area contributed by atoms with Crippen molar-refractivity contribution in [2.45, 2.75) is 33.2 Å². The van der Waals surface area contributed by atoms with Crippen molar-refractivity contribution in [1.29, 1.82) is 0 Å². The number of amides is 1. The average Bonchev–Trinajstić information content (AvgIpc) is 2.40. The highest BCUT2D eigenvalue weighted by atomic mass is 32.1. The highest BCUT2D eigenvalue weighted by molar-refractivity contribution is 7.80. The zero-order valence-corrected chi connectivity index (χ0v) is 13.6. The number of benzene rings is 1. The molecule has 0 bridgehead atoms. The number of hydrogen-bond donors (Lipinski definition) is 4. The van der Waals surface area contributed by atoms with Crippen LogP contribution in [0.25, 0.3) is 0 Å². The molecule has 1 aromatic rings. The number of carbonyl (C=O) groups is 1. The lowest BCUT2D eigenvalue weighted by Gasteiger charge is -2.20. The van der Waals surface area contributed by atoms with Crippen molar-refractivity contribution < 1.29 is 9.90 Å². The topological polar surface area (TPSA) is 85.8 Å². The van der Waals surface area contributed by atoms with Gasteiger partial charge in [0.05, 0.1) is 11.4 Å². The molecule has 0 aromatic heterocycles. The van der Waals surface area contributed by atoms with Gasteiger partial charge < -0.3 is 15.7 Å². The van der Waals surface area contributed by atoms with E-state index in [2.05, 4.69) is 21.2 Å². The van der Waals surface area contributed by atoms with Crippen molar-refractivity contribution in [3.63, 3.8) is 0 Å². The molecule has 118 valence electrons. The first-order valence-electron chi connectivity index (χ1n) is 7.14. The molecule has 22 heavy (non-hydrogen) atoms. The summed E-state index contributed by atoms with van der Waals surface area (Å²) in [5.74, 6) is 0.0346. The number of aromatic hydroxyl groups is 1. The number of thiocarbonyl (C=S) groups is 1. The van der Waals surface area contributed by atoms with Crippen LogP contribution in [0, 0.1) is 5.92 Å². The number of hydrazone groups is 1. The Bertz CT molecular complexity index is 628. The Morgan fingerprint density at radius 2 is 2.23 bits per heavy atom. The van der Waals surface area contributed by atoms with Gasteiger partial charge in [0.1, 0.15) is 5.75 Å². The summed E-state index contributed by atoms with van der Waals surface area (Å²) in [6, 6.07) is 5.33. The van der Waals surface area contributed by atoms with Crippen LogP contribution in [0.4, 0.5) is 5.69 Å². The van der Waals surface area contributed by atoms with Crippen molar-refractivity contribution >= 4 is 34.6 Å². The van der Waals surface area contributed by atoms with Gasteiger partial charge in [-0.1, -0.05) is 6.92 Å². The van der Waals surface area contributed by atoms with Gasteiger partial charge in [-0.2, -0.15) is 5.10 Å². The summed E-state index contributed by atoms with van der Waals surface area (Å²) in [4.78, 5) is 11.3. The minimum Gasteiger partial charge on any atom is -0.506 e. The van der Waals surface area contributed by atoms with E-state index in [9.17, 15) is 9.90 Å². The maximum Gasteiger partial charge on any atom is 0.240 e. The summed E-state index contributed by atoms with van der Waals surface area (Å²) in [6.07, 6.45) is 0.399. The first-order chi connectivity index (χ1) is 10.4. The van der Waals surface area contributed by atoms with Gasteiger partial charge in [0.15, 0.2) is 5.11 Å². The Balaban J connectivity index is 2.23. The molecule has 7 heteroatoms. The molecule has 1 aromatic carbocycles. The maximum absolute atomic E-state index is 11.3. The van der Waals surface area contributed by atoms with E-state index < -0.39 is 0 Å². The lowest BCUT2D eigenvalue weighted by molar-refractivity contribution is -0.121. The summed E-state index contributed by atoms with van der Waals surface area (Å²) in [7, 11) is 0. The van der Waals surface area contributed by atoms with Crippen molar-refractivity contribution in [2.24, 2.45) is 11.0 Å². The normalized spacial score (nSPS) is 17.7. The lowest BCUT2D eigenvalue weighted by atomic mass is 9.94. The Morgan fingerprint density at radius 3 is 2.86 bits per heavy atom. The summed E-state index contributed by atoms with van der Waals surface area (Å²) >= 11 is 5.19. The molecule has 0 fully saturated rings. The lowest BCUT2D eigenvalue weighted by Crippen LogP contribution is -2.34. The minimum absolute atomic E-state index is 0.0203. The number of nitrogens with zero attached hydrogens (tertiary/aromatic N) is 1. The molecule has 1 unspecified atom stereocenters. The van der Waals surface area contributed by atoms with Crippen LogP contribution in [0.1, 0.15) is 32.8 Å². The summed E-state index contributed by atoms with van der Waals surface area (Å²) in [5.41, 5.74) is 4.61. The van der Waals surface area contributed by atoms with Gasteiger partial charge in [0.25, 0.3) is 0 Å². The summed E-state index contributed by atoms with van der Waals surface area (Å²) in [6.45, 7) is 5.90. The predicted molar refractivity (Wildman–Crippen MR) is 91.1 cm³/mol. The zero-order chi connectivity index (χ0) is 16.3. The smallest absolute Gasteiger partial charge is 0.240 e. The van der Waals surface area contributed by atoms with E-state index in [0.717, 1.165) is 11.3 Å². The molecular weight excluding hydrogens is 300 g/mol. The quantitative estimate of drug-likeness (QED) is 0.505. The highest BCUT2D eigenvalue weighted by Crippen LogP contribution is 2.27. The monoisotopic (exact) mass is 320 g/mol. The Kier molecular flexibility index (Phi) is 4.97. The minimum atomic E-state index is -0.0873. The standard InChI is InChI=1S/C15H20N4O2S/c1-8(2)16-15(22)17-11-7-10(4-5-12(11)20)14-9(3)6-13(21)18-19-14/h4-5,7-9,20H,6H2,1-3H3,(H,18,21)(H2,16,17,22). The van der Waals surface area contributed by atoms with E-state index in [4.69, 9.17) is 12.2 Å². The van der Waals surface area contributed by atoms with Crippen LogP contribution in [0.2, 0.25) is 0 Å². The largest absolute Gasteiger partial charge is 0.506 e. The number of phenols is 1. The third-order valence-corrected chi connectivity index (χ3v) is 3.44. The van der Waals surface area contributed by atoms with E-state index in [0.29, 0.717) is 17.2 Å². The molecule has 1 atom stereocenters. The molecule has 4 N–H and O–H groups in total. The van der Waals surface area contributed by atoms with Crippen LogP contribution in [0.5, 0.6) is 5.75 Å². The summed E-state index contributed by atoms with van der Waals surface area (Å²) in [5, 5.41) is 20.5. The van der Waals surface area contributed by atoms with Gasteiger partial charge in [0.2, 0.25) is 5.91 Å². The first-order valence-corrected chi connectivity index (χ1v) is 7.55. The van der Waals surface area contributed by atoms with E-state index in [1.807, 2.05) is 20.8 Å². The van der Waals surface area contributed by atoms with E-state index >= 15 is 0 Å². The number of phenolic OH excluding ortho intramolecular Hbond substituents is 1. The molecule has 1 heterocycles. The molecule has 2 rings (SSSR count). The second-order valence-electron chi connectivity index (χ2n) is 5.62. The maximum atomic E-state index is 11.3. The fourth-order valence-corrected chi connectivity index (χ4v) is 2.56. The third-order valence-electron chi connectivity index (χ3n) is 3.22. The van der Waals surface area contributed by atoms with Crippen molar-refractivity contribution in [1.82, 2.24) is 10.7 Å². The van der Waals surface area contributed by atoms with Crippen LogP contribution in [-0.2, 0) is 4.79 Å². The van der Waals surface area contributed by atoms with Gasteiger partial charge in [-0.05, 0) is 44.3 Å². The third kappa shape index (κ3) is 3.94. The van der Waals surface area contributed by atoms with Crippen molar-refractivity contribution in [3.05, 3.63) is 23.8 Å². The van der Waals surface area contributed by atoms with Crippen LogP contribution >= 0.6 is 12.2 Å². The van der Waals surface area contributed by atoms with Crippen LogP contribution in [0.15, 0.2) is 23.3 Å². The fraction of sp³-hybridized carbons (Fsp3) is 0.400. The Hall–Kier alpha value is -2.15. The van der Waals surface area contributed by atoms with Crippen LogP contribution in [-0.4, -0.2) is 27.9 Å². The van der Waals surface area contributed by atoms with Crippen LogP contribution < -0.4 is 16.1 Å². The predicted octanol–water partition coefficient (Wildman–Crippen LogP) is 1.95. The molecule has 0 saturated carbocycles. The van der Waals surface area contributed by atoms with Crippen molar-refractivity contribution in [3.8, 4) is 5.75 Å². The first kappa shape index (κ1) is 16.2. The van der Waals surface area contributed by atoms with E-state index in [1.165, 1.54) is 0 Å². The number of nitrogens with one attached hydrogen (secondary N) is 3. The average molecular weight is 320 g/mol. The number of carbonyl (C=O) groups excluding carboxylic acids is 1. The molecule has 0 spiro atoms. The Morgan fingerprint density at radius 1 is 1.50 bits per heavy atom. The molecule has 6 nitrogen and oxygen atoms in total. The van der Waals surface area contributed by atoms with Crippen LogP contribution in [0.3, 0.4) is 0 Å². The molecule has 0 radical (unpaired) electrons. The molecule has 1 amide bonds. The SMILES string of the molecule is CC(C)NC(=S)Nc1cc(C2=NNC(=O)CC2C)ccc1O. The molecule has 0 saturated heterocycles. The second-order valence-corrected chi connectivity index (χ2v) is 6.03. The van der Waals surface area contributed by atoms with Gasteiger partial charge >= 0.3 is 0 Å². The number of hydrogen-bond acceptors (Lipinski definition) is 4. The second kappa shape index (κ2) is 6.74. The molecule has 1 aliphatic heterocycles. The number of rotatable bonds is 3. The van der Waals surface area contributed by atoms with Gasteiger partial charge in [-0.3, -0.25) is 4.79 Å². The van der Waals surface area contributed by atoms with Crippen molar-refractivity contribution in [2.75, 3.05) is 5.32 Å². The van der Waals surface area contributed by atoms with E-state index in [-0.39, 0.29) is 23.6 Å². The Labute approximate surface area is 135 Å². The van der Waals surface area contributed by atoms with E-state index in [1.54, 1.807) is 18.2 Å². The number of anilines is 1. The highest BCUT2D eigenvalue weighted by Gasteiger charge is 2.22. The summed E-state index contributed by atoms with van der Waals surface area (Å²) < 4.78 is 0. The van der Waals surface area contributed by atoms with Gasteiger partial charge in [-0.15, -0.1) is 0 Å². The molecular formula is C15H20N4O2S. The zero-order valence-electron chi connectivity index (χ0n) is 12.8. The molecule has 1 aliphatic rings.